The number of piperidine rings is 1. The van der Waals surface area contributed by atoms with Crippen molar-refractivity contribution in [2.75, 3.05) is 32.7 Å². The van der Waals surface area contributed by atoms with E-state index in [0.29, 0.717) is 44.9 Å². The molecular formula is C24H34N4O3. The van der Waals surface area contributed by atoms with Gasteiger partial charge in [-0.3, -0.25) is 9.59 Å². The number of hydrogen-bond acceptors (Lipinski definition) is 3. The van der Waals surface area contributed by atoms with E-state index < -0.39 is 0 Å². The summed E-state index contributed by atoms with van der Waals surface area (Å²) >= 11 is 0. The quantitative estimate of drug-likeness (QED) is 0.760. The van der Waals surface area contributed by atoms with Gasteiger partial charge in [-0.1, -0.05) is 24.3 Å². The lowest BCUT2D eigenvalue weighted by Gasteiger charge is -2.32. The van der Waals surface area contributed by atoms with Gasteiger partial charge >= 0.3 is 6.03 Å². The minimum absolute atomic E-state index is 0.0376. The van der Waals surface area contributed by atoms with Crippen LogP contribution in [0.1, 0.15) is 56.1 Å². The van der Waals surface area contributed by atoms with E-state index in [2.05, 4.69) is 11.4 Å². The molecule has 0 aliphatic carbocycles. The summed E-state index contributed by atoms with van der Waals surface area (Å²) in [5, 5.41) is 3.03. The van der Waals surface area contributed by atoms with Gasteiger partial charge in [0.15, 0.2) is 0 Å². The van der Waals surface area contributed by atoms with Crippen molar-refractivity contribution in [2.24, 2.45) is 5.92 Å². The van der Waals surface area contributed by atoms with E-state index in [9.17, 15) is 14.4 Å². The molecule has 0 aromatic heterocycles. The third kappa shape index (κ3) is 5.77. The first kappa shape index (κ1) is 21.7. The second-order valence-corrected chi connectivity index (χ2v) is 9.12. The van der Waals surface area contributed by atoms with Crippen molar-refractivity contribution in [1.29, 1.82) is 0 Å². The largest absolute Gasteiger partial charge is 0.343 e. The van der Waals surface area contributed by atoms with Crippen LogP contribution >= 0.6 is 0 Å². The lowest BCUT2D eigenvalue weighted by atomic mass is 9.93. The number of hydrogen-bond donors (Lipinski definition) is 1. The van der Waals surface area contributed by atoms with Crippen LogP contribution in [0.4, 0.5) is 4.79 Å². The van der Waals surface area contributed by atoms with Crippen LogP contribution in [0, 0.1) is 5.92 Å². The average molecular weight is 427 g/mol. The summed E-state index contributed by atoms with van der Waals surface area (Å²) in [7, 11) is 0. The molecule has 0 unspecified atom stereocenters. The third-order valence-corrected chi connectivity index (χ3v) is 6.80. The Kier molecular flexibility index (Phi) is 7.10. The highest BCUT2D eigenvalue weighted by Crippen LogP contribution is 2.23. The zero-order valence-electron chi connectivity index (χ0n) is 18.4. The molecule has 3 saturated heterocycles. The Morgan fingerprint density at radius 3 is 2.39 bits per heavy atom. The van der Waals surface area contributed by atoms with Crippen molar-refractivity contribution in [1.82, 2.24) is 20.0 Å². The molecule has 3 heterocycles. The minimum atomic E-state index is -0.0376. The van der Waals surface area contributed by atoms with Gasteiger partial charge < -0.3 is 20.0 Å². The molecule has 0 atom stereocenters. The van der Waals surface area contributed by atoms with Gasteiger partial charge in [0.25, 0.3) is 0 Å². The van der Waals surface area contributed by atoms with E-state index in [4.69, 9.17) is 0 Å². The molecule has 4 amide bonds. The number of urea groups is 1. The van der Waals surface area contributed by atoms with Crippen molar-refractivity contribution in [3.05, 3.63) is 35.4 Å². The monoisotopic (exact) mass is 426 g/mol. The second kappa shape index (κ2) is 10.2. The Balaban J connectivity index is 1.19. The van der Waals surface area contributed by atoms with Gasteiger partial charge in [0, 0.05) is 58.7 Å². The SMILES string of the molecule is O=C(CC1CCN(C(=O)NCc2cccc(CN3CCCC3=O)c2)CC1)N1CCCC1. The summed E-state index contributed by atoms with van der Waals surface area (Å²) in [4.78, 5) is 42.6. The summed E-state index contributed by atoms with van der Waals surface area (Å²) in [5.74, 6) is 0.905. The fourth-order valence-corrected chi connectivity index (χ4v) is 4.90. The van der Waals surface area contributed by atoms with Gasteiger partial charge in [-0.15, -0.1) is 0 Å². The normalized spacial score (nSPS) is 19.9. The molecule has 0 radical (unpaired) electrons. The molecule has 1 aromatic rings. The van der Waals surface area contributed by atoms with Gasteiger partial charge in [-0.2, -0.15) is 0 Å². The number of carbonyl (C=O) groups is 3. The second-order valence-electron chi connectivity index (χ2n) is 9.12. The van der Waals surface area contributed by atoms with Crippen LogP contribution in [0.2, 0.25) is 0 Å². The fourth-order valence-electron chi connectivity index (χ4n) is 4.90. The van der Waals surface area contributed by atoms with E-state index in [1.807, 2.05) is 32.9 Å². The van der Waals surface area contributed by atoms with E-state index >= 15 is 0 Å². The molecule has 7 nitrogen and oxygen atoms in total. The molecule has 4 rings (SSSR count). The first-order chi connectivity index (χ1) is 15.1. The van der Waals surface area contributed by atoms with Crippen LogP contribution in [0.15, 0.2) is 24.3 Å². The Morgan fingerprint density at radius 2 is 1.68 bits per heavy atom. The first-order valence-corrected chi connectivity index (χ1v) is 11.7. The maximum Gasteiger partial charge on any atom is 0.317 e. The number of rotatable bonds is 6. The molecule has 0 spiro atoms. The maximum absolute atomic E-state index is 12.6. The van der Waals surface area contributed by atoms with Crippen molar-refractivity contribution < 1.29 is 14.4 Å². The summed E-state index contributed by atoms with van der Waals surface area (Å²) in [5.41, 5.74) is 2.15. The van der Waals surface area contributed by atoms with E-state index in [1.165, 1.54) is 0 Å². The molecule has 168 valence electrons. The van der Waals surface area contributed by atoms with E-state index in [-0.39, 0.29) is 17.8 Å². The topological polar surface area (TPSA) is 73.0 Å². The van der Waals surface area contributed by atoms with Crippen LogP contribution in [0.3, 0.4) is 0 Å². The third-order valence-electron chi connectivity index (χ3n) is 6.80. The van der Waals surface area contributed by atoms with Gasteiger partial charge in [0.05, 0.1) is 0 Å². The highest BCUT2D eigenvalue weighted by atomic mass is 16.2. The fraction of sp³-hybridized carbons (Fsp3) is 0.625. The number of amides is 4. The minimum Gasteiger partial charge on any atom is -0.343 e. The number of benzene rings is 1. The zero-order chi connectivity index (χ0) is 21.6. The van der Waals surface area contributed by atoms with Crippen LogP contribution < -0.4 is 5.32 Å². The summed E-state index contributed by atoms with van der Waals surface area (Å²) in [6.07, 6.45) is 6.27. The Hall–Kier alpha value is -2.57. The molecule has 31 heavy (non-hydrogen) atoms. The molecular weight excluding hydrogens is 392 g/mol. The molecule has 3 aliphatic rings. The summed E-state index contributed by atoms with van der Waals surface area (Å²) in [6, 6.07) is 8.06. The van der Waals surface area contributed by atoms with Crippen LogP contribution in [-0.2, 0) is 22.7 Å². The van der Waals surface area contributed by atoms with Gasteiger partial charge in [-0.25, -0.2) is 4.79 Å². The highest BCUT2D eigenvalue weighted by molar-refractivity contribution is 5.78. The number of carbonyl (C=O) groups excluding carboxylic acids is 3. The lowest BCUT2D eigenvalue weighted by Crippen LogP contribution is -2.44. The van der Waals surface area contributed by atoms with Crippen LogP contribution in [0.25, 0.3) is 0 Å². The standard InChI is InChI=1S/C24H34N4O3/c29-22-7-4-12-28(22)18-21-6-3-5-20(15-21)17-25-24(31)27-13-8-19(9-14-27)16-23(30)26-10-1-2-11-26/h3,5-6,15,19H,1-2,4,7-14,16-18H2,(H,25,31). The number of likely N-dealkylation sites (tertiary alicyclic amines) is 3. The predicted molar refractivity (Wildman–Crippen MR) is 118 cm³/mol. The Bertz CT molecular complexity index is 798. The molecule has 0 bridgehead atoms. The molecule has 3 fully saturated rings. The Labute approximate surface area is 184 Å². The van der Waals surface area contributed by atoms with Crippen molar-refractivity contribution in [3.8, 4) is 0 Å². The van der Waals surface area contributed by atoms with E-state index in [1.54, 1.807) is 0 Å². The average Bonchev–Trinajstić information content (AvgIpc) is 3.45. The van der Waals surface area contributed by atoms with Gasteiger partial charge in [-0.05, 0) is 49.1 Å². The predicted octanol–water partition coefficient (Wildman–Crippen LogP) is 2.74. The maximum atomic E-state index is 12.6. The number of nitrogens with zero attached hydrogens (tertiary/aromatic N) is 3. The van der Waals surface area contributed by atoms with Gasteiger partial charge in [0.2, 0.25) is 11.8 Å². The van der Waals surface area contributed by atoms with E-state index in [0.717, 1.165) is 62.9 Å². The first-order valence-electron chi connectivity index (χ1n) is 11.7. The number of nitrogens with one attached hydrogen (secondary N) is 1. The van der Waals surface area contributed by atoms with Crippen molar-refractivity contribution >= 4 is 17.8 Å². The molecule has 3 aliphatic heterocycles. The lowest BCUT2D eigenvalue weighted by molar-refractivity contribution is -0.131. The molecule has 1 aromatic carbocycles. The van der Waals surface area contributed by atoms with Gasteiger partial charge in [0.1, 0.15) is 0 Å². The van der Waals surface area contributed by atoms with Crippen LogP contribution in [0.5, 0.6) is 0 Å². The summed E-state index contributed by atoms with van der Waals surface area (Å²) in [6.45, 7) is 5.20. The molecule has 1 N–H and O–H groups in total. The summed E-state index contributed by atoms with van der Waals surface area (Å²) < 4.78 is 0. The Morgan fingerprint density at radius 1 is 0.935 bits per heavy atom. The molecule has 0 saturated carbocycles. The molecule has 7 heteroatoms. The van der Waals surface area contributed by atoms with Crippen molar-refractivity contribution in [2.45, 2.75) is 58.0 Å². The smallest absolute Gasteiger partial charge is 0.317 e. The van der Waals surface area contributed by atoms with Crippen LogP contribution in [-0.4, -0.2) is 65.3 Å². The zero-order valence-corrected chi connectivity index (χ0v) is 18.4. The highest BCUT2D eigenvalue weighted by Gasteiger charge is 2.27. The van der Waals surface area contributed by atoms with Crippen molar-refractivity contribution in [3.63, 3.8) is 0 Å².